The van der Waals surface area contributed by atoms with E-state index in [1.54, 1.807) is 12.1 Å². The lowest BCUT2D eigenvalue weighted by Crippen LogP contribution is -2.56. The van der Waals surface area contributed by atoms with Crippen LogP contribution in [0.25, 0.3) is 0 Å². The smallest absolute Gasteiger partial charge is 0.148 e. The van der Waals surface area contributed by atoms with Gasteiger partial charge in [0.05, 0.1) is 21.4 Å². The summed E-state index contributed by atoms with van der Waals surface area (Å²) in [6, 6.07) is 9.28. The van der Waals surface area contributed by atoms with Gasteiger partial charge in [-0.3, -0.25) is 0 Å². The van der Waals surface area contributed by atoms with Gasteiger partial charge in [0.1, 0.15) is 31.2 Å². The highest BCUT2D eigenvalue weighted by molar-refractivity contribution is 9.10. The molecule has 2 fully saturated rings. The second-order valence-electron chi connectivity index (χ2n) is 9.63. The van der Waals surface area contributed by atoms with E-state index in [0.29, 0.717) is 44.0 Å². The number of ether oxygens (including phenoxy) is 2. The summed E-state index contributed by atoms with van der Waals surface area (Å²) >= 11 is 6.95. The third-order valence-electron chi connectivity index (χ3n) is 7.62. The fourth-order valence-corrected chi connectivity index (χ4v) is 12.4. The Hall–Kier alpha value is -0.923. The molecule has 4 rings (SSSR count). The monoisotopic (exact) mass is 600 g/mol. The summed E-state index contributed by atoms with van der Waals surface area (Å²) in [6.45, 7) is 0. The van der Waals surface area contributed by atoms with Crippen molar-refractivity contribution < 1.29 is 18.3 Å². The van der Waals surface area contributed by atoms with Gasteiger partial charge < -0.3 is 9.47 Å². The summed E-state index contributed by atoms with van der Waals surface area (Å²) in [5.41, 5.74) is 1.29. The van der Waals surface area contributed by atoms with Crippen LogP contribution in [0.15, 0.2) is 45.3 Å². The summed E-state index contributed by atoms with van der Waals surface area (Å²) in [7, 11) is -2.11. The fourth-order valence-electron chi connectivity index (χ4n) is 5.81. The zero-order valence-corrected chi connectivity index (χ0v) is 23.1. The third kappa shape index (κ3) is 6.20. The molecule has 2 aromatic rings. The van der Waals surface area contributed by atoms with E-state index in [9.17, 15) is 8.78 Å². The minimum Gasteiger partial charge on any atom is -0.496 e. The van der Waals surface area contributed by atoms with E-state index in [0.717, 1.165) is 0 Å². The van der Waals surface area contributed by atoms with Crippen molar-refractivity contribution in [1.82, 2.24) is 0 Å². The van der Waals surface area contributed by atoms with Crippen LogP contribution in [0.1, 0.15) is 64.2 Å². The first-order valence-electron chi connectivity index (χ1n) is 12.1. The number of rotatable bonds is 8. The van der Waals surface area contributed by atoms with E-state index >= 15 is 0 Å². The zero-order chi connectivity index (χ0) is 23.3. The molecule has 0 aliphatic heterocycles. The van der Waals surface area contributed by atoms with Gasteiger partial charge in [-0.05, 0) is 79.3 Å². The lowest BCUT2D eigenvalue weighted by Gasteiger charge is -2.46. The molecule has 33 heavy (non-hydrogen) atoms. The maximum absolute atomic E-state index is 13.7. The number of hydrogen-bond donors (Lipinski definition) is 0. The quantitative estimate of drug-likeness (QED) is 0.281. The highest BCUT2D eigenvalue weighted by Crippen LogP contribution is 2.49. The number of hydrogen-bond acceptors (Lipinski definition) is 2. The van der Waals surface area contributed by atoms with Crippen molar-refractivity contribution in [1.29, 1.82) is 0 Å². The molecule has 0 amide bonds. The molecule has 0 unspecified atom stereocenters. The van der Waals surface area contributed by atoms with Crippen molar-refractivity contribution in [2.24, 2.45) is 0 Å². The van der Waals surface area contributed by atoms with Crippen molar-refractivity contribution in [3.63, 3.8) is 0 Å². The largest absolute Gasteiger partial charge is 0.496 e. The van der Waals surface area contributed by atoms with Gasteiger partial charge in [0, 0.05) is 0 Å². The Labute approximate surface area is 213 Å². The van der Waals surface area contributed by atoms with Gasteiger partial charge >= 0.3 is 0 Å². The summed E-state index contributed by atoms with van der Waals surface area (Å²) in [6.07, 6.45) is 14.0. The van der Waals surface area contributed by atoms with Gasteiger partial charge in [-0.15, -0.1) is 0 Å². The molecule has 2 aliphatic carbocycles. The summed E-state index contributed by atoms with van der Waals surface area (Å²) in [4.78, 5) is 0. The predicted octanol–water partition coefficient (Wildman–Crippen LogP) is 9.14. The van der Waals surface area contributed by atoms with E-state index in [1.807, 2.05) is 0 Å². The van der Waals surface area contributed by atoms with Crippen LogP contribution in [-0.4, -0.2) is 20.5 Å². The molecule has 2 aliphatic rings. The molecular formula is C26H32Br2F2O2Si. The Balaban J connectivity index is 1.64. The van der Waals surface area contributed by atoms with Crippen molar-refractivity contribution in [2.75, 3.05) is 12.5 Å². The standard InChI is InChI=1S/C26H32Br2F2O2Si/c27-23-15-19(29)11-13-25(23)31-17-33(21-7-3-1-4-8-21,22-9-5-2-6-10-22)18-32-26-14-12-20(30)16-24(26)28/h11-16,21-22H,1-10,17-18H2. The highest BCUT2D eigenvalue weighted by Gasteiger charge is 2.50. The first-order chi connectivity index (χ1) is 16.0. The number of benzene rings is 2. The molecular weight excluding hydrogens is 570 g/mol. The third-order valence-corrected chi connectivity index (χ3v) is 14.6. The highest BCUT2D eigenvalue weighted by atomic mass is 79.9. The molecule has 2 saturated carbocycles. The van der Waals surface area contributed by atoms with Crippen molar-refractivity contribution in [2.45, 2.75) is 75.3 Å². The first-order valence-corrected chi connectivity index (χ1v) is 16.3. The van der Waals surface area contributed by atoms with Crippen molar-refractivity contribution in [3.05, 3.63) is 57.0 Å². The van der Waals surface area contributed by atoms with Crippen molar-refractivity contribution in [3.8, 4) is 11.5 Å². The normalized spacial score (nSPS) is 18.3. The van der Waals surface area contributed by atoms with E-state index in [1.165, 1.54) is 88.5 Å². The van der Waals surface area contributed by atoms with Crippen LogP contribution in [0.3, 0.4) is 0 Å². The molecule has 0 atom stereocenters. The summed E-state index contributed by atoms with van der Waals surface area (Å²) in [5.74, 6) is 0.842. The molecule has 0 heterocycles. The molecule has 2 nitrogen and oxygen atoms in total. The van der Waals surface area contributed by atoms with E-state index in [2.05, 4.69) is 31.9 Å². The van der Waals surface area contributed by atoms with Crippen LogP contribution in [0, 0.1) is 11.6 Å². The maximum atomic E-state index is 13.7. The molecule has 0 radical (unpaired) electrons. The van der Waals surface area contributed by atoms with E-state index in [4.69, 9.17) is 9.47 Å². The average Bonchev–Trinajstić information content (AvgIpc) is 2.82. The lowest BCUT2D eigenvalue weighted by molar-refractivity contribution is 0.312. The lowest BCUT2D eigenvalue weighted by atomic mass is 9.99. The van der Waals surface area contributed by atoms with Gasteiger partial charge in [0.2, 0.25) is 0 Å². The van der Waals surface area contributed by atoms with Crippen LogP contribution in [0.2, 0.25) is 11.1 Å². The molecule has 0 saturated heterocycles. The second kappa shape index (κ2) is 11.7. The van der Waals surface area contributed by atoms with E-state index in [-0.39, 0.29) is 11.6 Å². The zero-order valence-electron chi connectivity index (χ0n) is 18.9. The molecule has 0 bridgehead atoms. The van der Waals surface area contributed by atoms with Crippen molar-refractivity contribution >= 4 is 39.9 Å². The van der Waals surface area contributed by atoms with Gasteiger partial charge in [-0.1, -0.05) is 64.2 Å². The Morgan fingerprint density at radius 2 is 1.06 bits per heavy atom. The van der Waals surface area contributed by atoms with Crippen LogP contribution in [-0.2, 0) is 0 Å². The fraction of sp³-hybridized carbons (Fsp3) is 0.538. The van der Waals surface area contributed by atoms with Crippen LogP contribution in [0.5, 0.6) is 11.5 Å². The average molecular weight is 602 g/mol. The Bertz CT molecular complexity index is 855. The summed E-state index contributed by atoms with van der Waals surface area (Å²) in [5, 5.41) is 0. The predicted molar refractivity (Wildman–Crippen MR) is 139 cm³/mol. The van der Waals surface area contributed by atoms with E-state index < -0.39 is 8.07 Å². The minimum absolute atomic E-state index is 0.276. The molecule has 2 aromatic carbocycles. The molecule has 7 heteroatoms. The Morgan fingerprint density at radius 3 is 1.42 bits per heavy atom. The van der Waals surface area contributed by atoms with Crippen LogP contribution < -0.4 is 9.47 Å². The van der Waals surface area contributed by atoms with Gasteiger partial charge in [0.25, 0.3) is 0 Å². The minimum atomic E-state index is -2.11. The molecule has 0 spiro atoms. The topological polar surface area (TPSA) is 18.5 Å². The van der Waals surface area contributed by atoms with Crippen LogP contribution >= 0.6 is 31.9 Å². The Morgan fingerprint density at radius 1 is 0.667 bits per heavy atom. The first kappa shape index (κ1) is 25.2. The molecule has 0 aromatic heterocycles. The maximum Gasteiger partial charge on any atom is 0.148 e. The SMILES string of the molecule is Fc1ccc(OC[Si](COc2ccc(F)cc2Br)(C2CCCCC2)C2CCCCC2)c(Br)c1. The van der Waals surface area contributed by atoms with Gasteiger partial charge in [-0.25, -0.2) is 8.78 Å². The van der Waals surface area contributed by atoms with Crippen LogP contribution in [0.4, 0.5) is 8.78 Å². The second-order valence-corrected chi connectivity index (χ2v) is 16.0. The molecule has 0 N–H and O–H groups in total. The van der Waals surface area contributed by atoms with Gasteiger partial charge in [-0.2, -0.15) is 0 Å². The Kier molecular flexibility index (Phi) is 8.91. The number of halogens is 4. The molecule has 180 valence electrons. The summed E-state index contributed by atoms with van der Waals surface area (Å²) < 4.78 is 41.6. The van der Waals surface area contributed by atoms with Gasteiger partial charge in [0.15, 0.2) is 0 Å².